The molecule has 0 N–H and O–H groups in total. The number of para-hydroxylation sites is 1. The van der Waals surface area contributed by atoms with Gasteiger partial charge in [-0.3, -0.25) is 24.5 Å². The van der Waals surface area contributed by atoms with Crippen molar-refractivity contribution in [2.24, 2.45) is 5.92 Å². The molecule has 3 atom stereocenters. The number of benzene rings is 3. The SMILES string of the molecule is O=C1[C@H]2[C@@H](ON(c3ccccc3)[C@H]2c2ccc(Br)cc2)C(=O)N1c1ccc([N+](=O)[O-])cc1. The van der Waals surface area contributed by atoms with Crippen molar-refractivity contribution in [3.05, 3.63) is 99.0 Å². The highest BCUT2D eigenvalue weighted by Gasteiger charge is 2.60. The first-order valence-corrected chi connectivity index (χ1v) is 10.6. The van der Waals surface area contributed by atoms with Crippen molar-refractivity contribution >= 4 is 44.8 Å². The van der Waals surface area contributed by atoms with E-state index in [1.807, 2.05) is 54.6 Å². The maximum atomic E-state index is 13.5. The van der Waals surface area contributed by atoms with E-state index in [-0.39, 0.29) is 11.4 Å². The zero-order valence-corrected chi connectivity index (χ0v) is 18.1. The lowest BCUT2D eigenvalue weighted by Crippen LogP contribution is -2.37. The Morgan fingerprint density at radius 3 is 2.12 bits per heavy atom. The number of hydroxylamine groups is 1. The van der Waals surface area contributed by atoms with Crippen LogP contribution in [0.15, 0.2) is 83.3 Å². The Bertz CT molecular complexity index is 1200. The lowest BCUT2D eigenvalue weighted by Gasteiger charge is -2.28. The van der Waals surface area contributed by atoms with Crippen molar-refractivity contribution in [2.75, 3.05) is 9.96 Å². The molecule has 2 saturated heterocycles. The molecule has 2 aliphatic heterocycles. The number of nitro benzene ring substituents is 1. The third kappa shape index (κ3) is 3.26. The van der Waals surface area contributed by atoms with E-state index in [0.717, 1.165) is 20.6 Å². The van der Waals surface area contributed by atoms with Gasteiger partial charge in [0.2, 0.25) is 5.91 Å². The number of hydrogen-bond acceptors (Lipinski definition) is 6. The third-order valence-corrected chi connectivity index (χ3v) is 6.19. The maximum Gasteiger partial charge on any atom is 0.269 e. The van der Waals surface area contributed by atoms with Gasteiger partial charge in [0, 0.05) is 16.6 Å². The van der Waals surface area contributed by atoms with Crippen LogP contribution in [0.3, 0.4) is 0 Å². The number of anilines is 2. The van der Waals surface area contributed by atoms with Gasteiger partial charge in [-0.15, -0.1) is 0 Å². The van der Waals surface area contributed by atoms with Gasteiger partial charge >= 0.3 is 0 Å². The molecule has 0 bridgehead atoms. The van der Waals surface area contributed by atoms with Gasteiger partial charge in [0.25, 0.3) is 11.6 Å². The lowest BCUT2D eigenvalue weighted by molar-refractivity contribution is -0.384. The van der Waals surface area contributed by atoms with Gasteiger partial charge in [-0.05, 0) is 42.0 Å². The number of non-ortho nitro benzene ring substituents is 1. The summed E-state index contributed by atoms with van der Waals surface area (Å²) in [5.41, 5.74) is 1.73. The molecule has 0 aliphatic carbocycles. The Morgan fingerprint density at radius 1 is 0.844 bits per heavy atom. The molecule has 8 nitrogen and oxygen atoms in total. The highest BCUT2D eigenvalue weighted by Crippen LogP contribution is 2.47. The van der Waals surface area contributed by atoms with E-state index in [9.17, 15) is 19.7 Å². The molecule has 2 aliphatic rings. The average Bonchev–Trinajstić information content (AvgIpc) is 3.31. The molecular weight excluding hydrogens is 478 g/mol. The summed E-state index contributed by atoms with van der Waals surface area (Å²) < 4.78 is 0.893. The molecule has 0 radical (unpaired) electrons. The van der Waals surface area contributed by atoms with Crippen LogP contribution in [0.1, 0.15) is 11.6 Å². The van der Waals surface area contributed by atoms with Crippen LogP contribution in [-0.4, -0.2) is 22.8 Å². The number of fused-ring (bicyclic) bond motifs is 1. The Hall–Kier alpha value is -3.56. The maximum absolute atomic E-state index is 13.5. The Morgan fingerprint density at radius 2 is 1.50 bits per heavy atom. The van der Waals surface area contributed by atoms with Gasteiger partial charge < -0.3 is 0 Å². The fourth-order valence-corrected chi connectivity index (χ4v) is 4.45. The third-order valence-electron chi connectivity index (χ3n) is 5.66. The van der Waals surface area contributed by atoms with Gasteiger partial charge in [0.05, 0.1) is 22.3 Å². The number of carbonyl (C=O) groups excluding carboxylic acids is 2. The van der Waals surface area contributed by atoms with Crippen molar-refractivity contribution < 1.29 is 19.3 Å². The molecule has 9 heteroatoms. The number of halogens is 1. The van der Waals surface area contributed by atoms with E-state index < -0.39 is 34.8 Å². The lowest BCUT2D eigenvalue weighted by atomic mass is 9.90. The zero-order valence-electron chi connectivity index (χ0n) is 16.5. The molecule has 3 aromatic carbocycles. The molecule has 0 saturated carbocycles. The van der Waals surface area contributed by atoms with E-state index in [0.29, 0.717) is 0 Å². The number of nitro groups is 1. The molecule has 2 fully saturated rings. The van der Waals surface area contributed by atoms with Gasteiger partial charge in [-0.2, -0.15) is 0 Å². The summed E-state index contributed by atoms with van der Waals surface area (Å²) in [6.07, 6.45) is -0.994. The monoisotopic (exact) mass is 493 g/mol. The highest BCUT2D eigenvalue weighted by molar-refractivity contribution is 9.10. The van der Waals surface area contributed by atoms with Crippen LogP contribution in [-0.2, 0) is 14.4 Å². The molecule has 0 unspecified atom stereocenters. The van der Waals surface area contributed by atoms with Crippen LogP contribution >= 0.6 is 15.9 Å². The first kappa shape index (κ1) is 20.3. The normalized spacial score (nSPS) is 22.3. The standard InChI is InChI=1S/C23H16BrN3O5/c24-15-8-6-14(7-9-15)20-19-21(32-26(20)17-4-2-1-3-5-17)23(29)25(22(19)28)16-10-12-18(13-11-16)27(30)31/h1-13,19-21H/t19-,20+,21-/m1/s1. The van der Waals surface area contributed by atoms with Crippen molar-refractivity contribution in [1.82, 2.24) is 0 Å². The highest BCUT2D eigenvalue weighted by atomic mass is 79.9. The van der Waals surface area contributed by atoms with Gasteiger partial charge in [-0.1, -0.05) is 46.3 Å². The van der Waals surface area contributed by atoms with E-state index >= 15 is 0 Å². The quantitative estimate of drug-likeness (QED) is 0.303. The second kappa shape index (κ2) is 7.85. The average molecular weight is 494 g/mol. The molecular formula is C23H16BrN3O5. The molecule has 0 aromatic heterocycles. The Kier molecular flexibility index (Phi) is 4.99. The number of rotatable bonds is 4. The summed E-state index contributed by atoms with van der Waals surface area (Å²) >= 11 is 3.43. The number of hydrogen-bond donors (Lipinski definition) is 0. The minimum absolute atomic E-state index is 0.118. The van der Waals surface area contributed by atoms with Crippen LogP contribution < -0.4 is 9.96 Å². The fraction of sp³-hybridized carbons (Fsp3) is 0.130. The van der Waals surface area contributed by atoms with Crippen molar-refractivity contribution in [2.45, 2.75) is 12.1 Å². The predicted octanol–water partition coefficient (Wildman–Crippen LogP) is 4.41. The van der Waals surface area contributed by atoms with Gasteiger partial charge in [0.15, 0.2) is 6.10 Å². The second-order valence-electron chi connectivity index (χ2n) is 7.49. The summed E-state index contributed by atoms with van der Waals surface area (Å²) in [5.74, 6) is -1.66. The molecule has 160 valence electrons. The van der Waals surface area contributed by atoms with Crippen LogP contribution in [0.4, 0.5) is 17.1 Å². The molecule has 32 heavy (non-hydrogen) atoms. The minimum Gasteiger partial charge on any atom is -0.273 e. The second-order valence-corrected chi connectivity index (χ2v) is 8.41. The molecule has 5 rings (SSSR count). The first-order valence-electron chi connectivity index (χ1n) is 9.84. The van der Waals surface area contributed by atoms with Crippen LogP contribution in [0.5, 0.6) is 0 Å². The van der Waals surface area contributed by atoms with Crippen LogP contribution in [0.2, 0.25) is 0 Å². The summed E-state index contributed by atoms with van der Waals surface area (Å²) in [6.45, 7) is 0. The predicted molar refractivity (Wildman–Crippen MR) is 120 cm³/mol. The molecule has 2 amide bonds. The van der Waals surface area contributed by atoms with Gasteiger partial charge in [-0.25, -0.2) is 9.96 Å². The van der Waals surface area contributed by atoms with Crippen LogP contribution in [0.25, 0.3) is 0 Å². The summed E-state index contributed by atoms with van der Waals surface area (Å²) in [5, 5.41) is 12.6. The largest absolute Gasteiger partial charge is 0.273 e. The minimum atomic E-state index is -0.994. The van der Waals surface area contributed by atoms with E-state index in [4.69, 9.17) is 4.84 Å². The number of imide groups is 1. The topological polar surface area (TPSA) is 93.0 Å². The summed E-state index contributed by atoms with van der Waals surface area (Å²) in [6, 6.07) is 21.7. The van der Waals surface area contributed by atoms with Crippen molar-refractivity contribution in [3.8, 4) is 0 Å². The molecule has 3 aromatic rings. The van der Waals surface area contributed by atoms with E-state index in [1.54, 1.807) is 5.06 Å². The molecule has 0 spiro atoms. The van der Waals surface area contributed by atoms with E-state index in [2.05, 4.69) is 15.9 Å². The number of carbonyl (C=O) groups is 2. The summed E-state index contributed by atoms with van der Waals surface area (Å²) in [4.78, 5) is 44.3. The van der Waals surface area contributed by atoms with Crippen molar-refractivity contribution in [1.29, 1.82) is 0 Å². The van der Waals surface area contributed by atoms with Gasteiger partial charge in [0.1, 0.15) is 5.92 Å². The fourth-order valence-electron chi connectivity index (χ4n) is 4.19. The summed E-state index contributed by atoms with van der Waals surface area (Å²) in [7, 11) is 0. The number of nitrogens with zero attached hydrogens (tertiary/aromatic N) is 3. The first-order chi connectivity index (χ1) is 15.5. The van der Waals surface area contributed by atoms with E-state index in [1.165, 1.54) is 24.3 Å². The molecule has 2 heterocycles. The Labute approximate surface area is 191 Å². The smallest absolute Gasteiger partial charge is 0.269 e. The zero-order chi connectivity index (χ0) is 22.4. The van der Waals surface area contributed by atoms with Crippen molar-refractivity contribution in [3.63, 3.8) is 0 Å². The number of amides is 2. The Balaban J connectivity index is 1.55. The van der Waals surface area contributed by atoms with Crippen LogP contribution in [0, 0.1) is 16.0 Å².